The van der Waals surface area contributed by atoms with E-state index in [1.807, 2.05) is 6.08 Å². The van der Waals surface area contributed by atoms with E-state index in [2.05, 4.69) is 26.8 Å². The van der Waals surface area contributed by atoms with Crippen LogP contribution in [0.1, 0.15) is 73.1 Å². The molecule has 4 N–H and O–H groups in total. The molecule has 0 aliphatic heterocycles. The molecule has 170 valence electrons. The van der Waals surface area contributed by atoms with Gasteiger partial charge >= 0.3 is 0 Å². The van der Waals surface area contributed by atoms with Crippen molar-refractivity contribution in [1.82, 2.24) is 0 Å². The van der Waals surface area contributed by atoms with E-state index in [0.717, 1.165) is 44.9 Å². The van der Waals surface area contributed by atoms with Crippen molar-refractivity contribution in [3.05, 3.63) is 23.5 Å². The van der Waals surface area contributed by atoms with Gasteiger partial charge in [0.2, 0.25) is 0 Å². The molecule has 0 bridgehead atoms. The molecule has 0 aromatic heterocycles. The van der Waals surface area contributed by atoms with Gasteiger partial charge in [-0.05, 0) is 78.3 Å². The minimum atomic E-state index is -0.833. The predicted octanol–water partition coefficient (Wildman–Crippen LogP) is 4.79. The largest absolute Gasteiger partial charge is 0.512 e. The van der Waals surface area contributed by atoms with Gasteiger partial charge < -0.3 is 20.4 Å². The molecule has 6 nitrogen and oxygen atoms in total. The lowest BCUT2D eigenvalue weighted by Crippen LogP contribution is -2.52. The van der Waals surface area contributed by atoms with Crippen LogP contribution in [0.2, 0.25) is 0 Å². The topological polar surface area (TPSA) is 115 Å². The van der Waals surface area contributed by atoms with Crippen LogP contribution in [0.5, 0.6) is 0 Å². The molecule has 0 aromatic rings. The molecule has 0 heterocycles. The molecule has 6 heteroatoms. The third-order valence-electron chi connectivity index (χ3n) is 8.25. The van der Waals surface area contributed by atoms with Crippen LogP contribution in [0.3, 0.4) is 0 Å². The Morgan fingerprint density at radius 3 is 2.17 bits per heavy atom. The Balaban J connectivity index is 0.000000347. The van der Waals surface area contributed by atoms with Gasteiger partial charge in [0.1, 0.15) is 0 Å². The fraction of sp³-hybridized carbons (Fsp3) is 0.750. The number of rotatable bonds is 0. The molecule has 7 atom stereocenters. The van der Waals surface area contributed by atoms with E-state index in [4.69, 9.17) is 19.8 Å². The van der Waals surface area contributed by atoms with E-state index >= 15 is 0 Å². The number of carbonyl (C=O) groups is 2. The summed E-state index contributed by atoms with van der Waals surface area (Å²) < 4.78 is 0. The molecule has 0 saturated heterocycles. The number of aliphatic carboxylic acids is 2. The van der Waals surface area contributed by atoms with Crippen molar-refractivity contribution in [1.29, 1.82) is 0 Å². The van der Waals surface area contributed by atoms with Crippen LogP contribution < -0.4 is 0 Å². The van der Waals surface area contributed by atoms with Gasteiger partial charge in [-0.2, -0.15) is 0 Å². The minimum absolute atomic E-state index is 0.0932. The highest BCUT2D eigenvalue weighted by atomic mass is 16.4. The molecular weight excluding hydrogens is 384 g/mol. The van der Waals surface area contributed by atoms with Gasteiger partial charge in [0.05, 0.1) is 11.9 Å². The first-order valence-electron chi connectivity index (χ1n) is 11.0. The van der Waals surface area contributed by atoms with Crippen molar-refractivity contribution in [2.24, 2.45) is 34.5 Å². The second-order valence-corrected chi connectivity index (χ2v) is 9.97. The number of aliphatic hydroxyl groups excluding tert-OH is 2. The Hall–Kier alpha value is -1.82. The summed E-state index contributed by atoms with van der Waals surface area (Å²) in [6.07, 6.45) is 10.9. The van der Waals surface area contributed by atoms with Crippen molar-refractivity contribution in [2.75, 3.05) is 0 Å². The van der Waals surface area contributed by atoms with Crippen LogP contribution in [0.25, 0.3) is 0 Å². The van der Waals surface area contributed by atoms with Crippen molar-refractivity contribution >= 4 is 11.9 Å². The van der Waals surface area contributed by atoms with E-state index < -0.39 is 11.9 Å². The molecule has 2 fully saturated rings. The lowest BCUT2D eigenvalue weighted by Gasteiger charge is -2.58. The summed E-state index contributed by atoms with van der Waals surface area (Å²) in [5, 5.41) is 35.4. The normalized spacial score (nSPS) is 41.2. The fourth-order valence-corrected chi connectivity index (χ4v) is 6.66. The van der Waals surface area contributed by atoms with E-state index in [0.29, 0.717) is 17.6 Å². The van der Waals surface area contributed by atoms with E-state index in [-0.39, 0.29) is 16.9 Å². The zero-order valence-corrected chi connectivity index (χ0v) is 18.9. The van der Waals surface area contributed by atoms with Gasteiger partial charge in [0.25, 0.3) is 11.9 Å². The van der Waals surface area contributed by atoms with Crippen molar-refractivity contribution in [3.63, 3.8) is 0 Å². The van der Waals surface area contributed by atoms with Crippen LogP contribution in [0, 0.1) is 34.5 Å². The number of aliphatic hydroxyl groups is 2. The third-order valence-corrected chi connectivity index (χ3v) is 8.25. The molecule has 4 rings (SSSR count). The van der Waals surface area contributed by atoms with Crippen LogP contribution in [-0.4, -0.2) is 38.5 Å². The number of carboxylic acids is 2. The summed E-state index contributed by atoms with van der Waals surface area (Å²) in [7, 11) is 0. The summed E-state index contributed by atoms with van der Waals surface area (Å²) >= 11 is 0. The lowest BCUT2D eigenvalue weighted by atomic mass is 9.46. The Bertz CT molecular complexity index is 705. The summed E-state index contributed by atoms with van der Waals surface area (Å²) in [6, 6.07) is 0. The van der Waals surface area contributed by atoms with Crippen LogP contribution >= 0.6 is 0 Å². The highest BCUT2D eigenvalue weighted by Crippen LogP contribution is 2.65. The molecular formula is C24H38O6. The number of hydrogen-bond acceptors (Lipinski definition) is 4. The van der Waals surface area contributed by atoms with Gasteiger partial charge in [-0.15, -0.1) is 0 Å². The average molecular weight is 423 g/mol. The maximum Gasteiger partial charge on any atom is 0.300 e. The maximum absolute atomic E-state index is 10.5. The summed E-state index contributed by atoms with van der Waals surface area (Å²) in [5.41, 5.74) is 1.75. The van der Waals surface area contributed by atoms with Gasteiger partial charge in [-0.25, -0.2) is 0 Å². The van der Waals surface area contributed by atoms with E-state index in [9.17, 15) is 10.2 Å². The van der Waals surface area contributed by atoms with Gasteiger partial charge in [0.15, 0.2) is 0 Å². The molecule has 4 aliphatic rings. The summed E-state index contributed by atoms with van der Waals surface area (Å²) in [6.45, 7) is 9.26. The number of carboxylic acid groups (broad SMARTS) is 2. The molecule has 2 saturated carbocycles. The SMILES string of the molecule is CC(=O)O.CC(=O)O.C[C@H]1CC(O)=CC2=CC[C@H]3[C@@H]4CC[C@H](O)[C@@]4(C)CC[C@@H]3[C@]21C. The Morgan fingerprint density at radius 2 is 1.60 bits per heavy atom. The quantitative estimate of drug-likeness (QED) is 0.446. The Morgan fingerprint density at radius 1 is 1.03 bits per heavy atom. The highest BCUT2D eigenvalue weighted by Gasteiger charge is 2.59. The van der Waals surface area contributed by atoms with Crippen LogP contribution in [0.4, 0.5) is 0 Å². The van der Waals surface area contributed by atoms with Gasteiger partial charge in [-0.1, -0.05) is 26.8 Å². The number of allylic oxidation sites excluding steroid dienone is 4. The smallest absolute Gasteiger partial charge is 0.300 e. The standard InChI is InChI=1S/C20H30O2.2C2H4O2/c1-12-10-14(21)11-13-4-5-15-16-6-7-18(22)19(16,2)9-8-17(15)20(12,13)3;2*1-2(3)4/h4,11-12,15-18,21-22H,5-10H2,1-3H3;2*1H3,(H,3,4)/t12-,15-,16-,17-,18-,19-,20-;;/m0../s1. The third kappa shape index (κ3) is 4.58. The zero-order valence-electron chi connectivity index (χ0n) is 18.9. The van der Waals surface area contributed by atoms with E-state index in [1.165, 1.54) is 24.8 Å². The van der Waals surface area contributed by atoms with Gasteiger partial charge in [-0.3, -0.25) is 9.59 Å². The molecule has 4 aliphatic carbocycles. The van der Waals surface area contributed by atoms with Gasteiger partial charge in [0, 0.05) is 20.3 Å². The van der Waals surface area contributed by atoms with Crippen LogP contribution in [-0.2, 0) is 9.59 Å². The molecule has 0 spiro atoms. The first-order valence-corrected chi connectivity index (χ1v) is 11.0. The molecule has 30 heavy (non-hydrogen) atoms. The summed E-state index contributed by atoms with van der Waals surface area (Å²) in [4.78, 5) is 18.0. The van der Waals surface area contributed by atoms with Crippen molar-refractivity contribution in [3.8, 4) is 0 Å². The Labute approximate surface area is 179 Å². The molecule has 0 unspecified atom stereocenters. The second-order valence-electron chi connectivity index (χ2n) is 9.97. The number of hydrogen-bond donors (Lipinski definition) is 4. The van der Waals surface area contributed by atoms with Crippen molar-refractivity contribution in [2.45, 2.75) is 79.2 Å². The fourth-order valence-electron chi connectivity index (χ4n) is 6.66. The molecule has 0 radical (unpaired) electrons. The number of fused-ring (bicyclic) bond motifs is 5. The summed E-state index contributed by atoms with van der Waals surface area (Å²) in [5.74, 6) is 1.53. The zero-order chi connectivity index (χ0) is 22.9. The lowest BCUT2D eigenvalue weighted by molar-refractivity contribution is -0.135. The predicted molar refractivity (Wildman–Crippen MR) is 115 cm³/mol. The highest BCUT2D eigenvalue weighted by molar-refractivity contribution is 5.63. The molecule has 0 amide bonds. The van der Waals surface area contributed by atoms with Crippen molar-refractivity contribution < 1.29 is 30.0 Å². The Kier molecular flexibility index (Phi) is 7.44. The second kappa shape index (κ2) is 9.13. The molecule has 0 aromatic carbocycles. The maximum atomic E-state index is 10.5. The monoisotopic (exact) mass is 422 g/mol. The first-order chi connectivity index (χ1) is 13.8. The van der Waals surface area contributed by atoms with Crippen LogP contribution in [0.15, 0.2) is 23.5 Å². The average Bonchev–Trinajstić information content (AvgIpc) is 2.91. The first kappa shape index (κ1) is 24.4. The van der Waals surface area contributed by atoms with E-state index in [1.54, 1.807) is 0 Å². The minimum Gasteiger partial charge on any atom is -0.512 e.